The molecule has 2 fully saturated rings. The number of rotatable bonds is 2. The minimum atomic E-state index is 0.420. The Morgan fingerprint density at radius 1 is 1.40 bits per heavy atom. The van der Waals surface area contributed by atoms with Crippen LogP contribution < -0.4 is 5.32 Å². The molecule has 15 heavy (non-hydrogen) atoms. The first-order valence-corrected chi connectivity index (χ1v) is 6.23. The topological polar surface area (TPSA) is 24.5 Å². The molecule has 0 aromatic heterocycles. The quantitative estimate of drug-likeness (QED) is 0.742. The van der Waals surface area contributed by atoms with Gasteiger partial charge >= 0.3 is 0 Å². The lowest BCUT2D eigenvalue weighted by Crippen LogP contribution is -2.48. The zero-order valence-corrected chi connectivity index (χ0v) is 10.1. The van der Waals surface area contributed by atoms with Gasteiger partial charge in [-0.05, 0) is 38.3 Å². The van der Waals surface area contributed by atoms with Gasteiger partial charge in [0.15, 0.2) is 0 Å². The van der Waals surface area contributed by atoms with Crippen LogP contribution in [0.4, 0.5) is 0 Å². The van der Waals surface area contributed by atoms with E-state index in [1.165, 1.54) is 32.5 Å². The van der Waals surface area contributed by atoms with Crippen LogP contribution in [0.3, 0.4) is 0 Å². The second-order valence-electron chi connectivity index (χ2n) is 5.48. The summed E-state index contributed by atoms with van der Waals surface area (Å²) in [5.41, 5.74) is 0.530. The third-order valence-electron chi connectivity index (χ3n) is 3.74. The lowest BCUT2D eigenvalue weighted by molar-refractivity contribution is -0.0337. The average molecular weight is 212 g/mol. The van der Waals surface area contributed by atoms with Crippen molar-refractivity contribution in [3.05, 3.63) is 0 Å². The number of piperidine rings is 1. The summed E-state index contributed by atoms with van der Waals surface area (Å²) in [5.74, 6) is 0. The predicted octanol–water partition coefficient (Wildman–Crippen LogP) is 1.10. The van der Waals surface area contributed by atoms with Gasteiger partial charge in [0.05, 0.1) is 12.7 Å². The molecule has 3 heteroatoms. The van der Waals surface area contributed by atoms with Crippen LogP contribution in [0.2, 0.25) is 0 Å². The highest BCUT2D eigenvalue weighted by Gasteiger charge is 2.30. The van der Waals surface area contributed by atoms with Gasteiger partial charge in [-0.1, -0.05) is 6.92 Å². The molecular weight excluding hydrogens is 188 g/mol. The fraction of sp³-hybridized carbons (Fsp3) is 1.00. The van der Waals surface area contributed by atoms with Crippen LogP contribution in [0.1, 0.15) is 26.7 Å². The van der Waals surface area contributed by atoms with Gasteiger partial charge in [-0.2, -0.15) is 0 Å². The van der Waals surface area contributed by atoms with Gasteiger partial charge in [0.2, 0.25) is 0 Å². The number of nitrogens with zero attached hydrogens (tertiary/aromatic N) is 1. The lowest BCUT2D eigenvalue weighted by atomic mass is 9.80. The Balaban J connectivity index is 1.83. The molecule has 0 radical (unpaired) electrons. The SMILES string of the molecule is CC1CN(CC2(C)CCNCC2)CCO1. The summed E-state index contributed by atoms with van der Waals surface area (Å²) in [6.07, 6.45) is 3.06. The largest absolute Gasteiger partial charge is 0.376 e. The van der Waals surface area contributed by atoms with Crippen molar-refractivity contribution in [2.45, 2.75) is 32.8 Å². The number of hydrogen-bond donors (Lipinski definition) is 1. The maximum Gasteiger partial charge on any atom is 0.0674 e. The normalized spacial score (nSPS) is 32.8. The molecule has 0 saturated carbocycles. The zero-order valence-electron chi connectivity index (χ0n) is 10.1. The molecule has 2 aliphatic heterocycles. The Morgan fingerprint density at radius 2 is 2.13 bits per heavy atom. The molecular formula is C12H24N2O. The van der Waals surface area contributed by atoms with Crippen LogP contribution in [0.5, 0.6) is 0 Å². The van der Waals surface area contributed by atoms with E-state index in [1.54, 1.807) is 0 Å². The summed E-state index contributed by atoms with van der Waals surface area (Å²) in [5, 5.41) is 3.44. The van der Waals surface area contributed by atoms with E-state index in [0.29, 0.717) is 11.5 Å². The lowest BCUT2D eigenvalue weighted by Gasteiger charge is -2.41. The Morgan fingerprint density at radius 3 is 2.80 bits per heavy atom. The van der Waals surface area contributed by atoms with E-state index in [-0.39, 0.29) is 0 Å². The highest BCUT2D eigenvalue weighted by molar-refractivity contribution is 4.84. The molecule has 0 bridgehead atoms. The molecule has 1 N–H and O–H groups in total. The Hall–Kier alpha value is -0.120. The minimum absolute atomic E-state index is 0.420. The molecule has 0 aromatic carbocycles. The minimum Gasteiger partial charge on any atom is -0.376 e. The van der Waals surface area contributed by atoms with Gasteiger partial charge in [0.1, 0.15) is 0 Å². The predicted molar refractivity (Wildman–Crippen MR) is 62.1 cm³/mol. The van der Waals surface area contributed by atoms with Crippen LogP contribution in [0, 0.1) is 5.41 Å². The van der Waals surface area contributed by atoms with Gasteiger partial charge in [0.25, 0.3) is 0 Å². The zero-order chi connectivity index (χ0) is 10.7. The highest BCUT2D eigenvalue weighted by atomic mass is 16.5. The van der Waals surface area contributed by atoms with Crippen molar-refractivity contribution in [2.24, 2.45) is 5.41 Å². The van der Waals surface area contributed by atoms with Crippen molar-refractivity contribution in [3.8, 4) is 0 Å². The summed E-state index contributed by atoms with van der Waals surface area (Å²) >= 11 is 0. The second-order valence-corrected chi connectivity index (χ2v) is 5.48. The molecule has 2 heterocycles. The molecule has 0 spiro atoms. The number of nitrogens with one attached hydrogen (secondary N) is 1. The summed E-state index contributed by atoms with van der Waals surface area (Å²) in [7, 11) is 0. The smallest absolute Gasteiger partial charge is 0.0674 e. The van der Waals surface area contributed by atoms with Crippen LogP contribution in [-0.4, -0.2) is 50.3 Å². The molecule has 0 aromatic rings. The van der Waals surface area contributed by atoms with E-state index >= 15 is 0 Å². The maximum absolute atomic E-state index is 5.58. The van der Waals surface area contributed by atoms with E-state index in [4.69, 9.17) is 4.74 Å². The summed E-state index contributed by atoms with van der Waals surface area (Å²) < 4.78 is 5.58. The van der Waals surface area contributed by atoms with Crippen molar-refractivity contribution in [3.63, 3.8) is 0 Å². The van der Waals surface area contributed by atoms with Crippen LogP contribution in [0.25, 0.3) is 0 Å². The average Bonchev–Trinajstić information content (AvgIpc) is 2.18. The van der Waals surface area contributed by atoms with Crippen molar-refractivity contribution in [1.29, 1.82) is 0 Å². The van der Waals surface area contributed by atoms with E-state index in [1.807, 2.05) is 0 Å². The van der Waals surface area contributed by atoms with Crippen LogP contribution >= 0.6 is 0 Å². The van der Waals surface area contributed by atoms with Gasteiger partial charge in [-0.15, -0.1) is 0 Å². The molecule has 0 amide bonds. The van der Waals surface area contributed by atoms with Crippen molar-refractivity contribution in [1.82, 2.24) is 10.2 Å². The van der Waals surface area contributed by atoms with E-state index in [9.17, 15) is 0 Å². The first-order valence-electron chi connectivity index (χ1n) is 6.23. The number of morpholine rings is 1. The first kappa shape index (κ1) is 11.4. The van der Waals surface area contributed by atoms with Crippen molar-refractivity contribution >= 4 is 0 Å². The van der Waals surface area contributed by atoms with Crippen LogP contribution in [-0.2, 0) is 4.74 Å². The third kappa shape index (κ3) is 3.16. The molecule has 3 nitrogen and oxygen atoms in total. The summed E-state index contributed by atoms with van der Waals surface area (Å²) in [4.78, 5) is 2.58. The molecule has 0 aliphatic carbocycles. The van der Waals surface area contributed by atoms with Crippen molar-refractivity contribution < 1.29 is 4.74 Å². The summed E-state index contributed by atoms with van der Waals surface area (Å²) in [6.45, 7) is 11.4. The Labute approximate surface area is 93.2 Å². The molecule has 1 atom stereocenters. The molecule has 1 unspecified atom stereocenters. The van der Waals surface area contributed by atoms with Crippen molar-refractivity contribution in [2.75, 3.05) is 39.3 Å². The fourth-order valence-electron chi connectivity index (χ4n) is 2.76. The van der Waals surface area contributed by atoms with Gasteiger partial charge in [-0.3, -0.25) is 4.90 Å². The third-order valence-corrected chi connectivity index (χ3v) is 3.74. The molecule has 2 saturated heterocycles. The maximum atomic E-state index is 5.58. The fourth-order valence-corrected chi connectivity index (χ4v) is 2.76. The molecule has 2 rings (SSSR count). The van der Waals surface area contributed by atoms with E-state index in [0.717, 1.165) is 19.7 Å². The number of hydrogen-bond acceptors (Lipinski definition) is 3. The standard InChI is InChI=1S/C12H24N2O/c1-11-9-14(7-8-15-11)10-12(2)3-5-13-6-4-12/h11,13H,3-10H2,1-2H3. The Bertz CT molecular complexity index is 202. The number of ether oxygens (including phenoxy) is 1. The van der Waals surface area contributed by atoms with E-state index in [2.05, 4.69) is 24.1 Å². The second kappa shape index (κ2) is 4.81. The monoisotopic (exact) mass is 212 g/mol. The first-order chi connectivity index (χ1) is 7.18. The van der Waals surface area contributed by atoms with Crippen LogP contribution in [0.15, 0.2) is 0 Å². The summed E-state index contributed by atoms with van der Waals surface area (Å²) in [6, 6.07) is 0. The van der Waals surface area contributed by atoms with E-state index < -0.39 is 0 Å². The van der Waals surface area contributed by atoms with Gasteiger partial charge in [0, 0.05) is 19.6 Å². The Kier molecular flexibility index (Phi) is 3.65. The molecule has 88 valence electrons. The highest BCUT2D eigenvalue weighted by Crippen LogP contribution is 2.29. The van der Waals surface area contributed by atoms with Gasteiger partial charge < -0.3 is 10.1 Å². The van der Waals surface area contributed by atoms with Gasteiger partial charge in [-0.25, -0.2) is 0 Å². The molecule has 2 aliphatic rings.